The molecule has 2 bridgehead atoms. The zero-order valence-corrected chi connectivity index (χ0v) is 31.0. The summed E-state index contributed by atoms with van der Waals surface area (Å²) in [6.07, 6.45) is 4.47. The number of aliphatic hydroxyl groups excluding tert-OH is 1. The van der Waals surface area contributed by atoms with Gasteiger partial charge in [-0.1, -0.05) is 54.1 Å². The van der Waals surface area contributed by atoms with Gasteiger partial charge in [0.1, 0.15) is 11.8 Å². The standard InChI is InChI=1S/C38H48BrN3O5S/c1-8-17-40(26-13-15-28(16-14-26)47-10-3)35(44)31-32-36(45)42(27(22-43)19-23(4)5)34(38(32)21-29(39)33(31)48-38)37(46)41(18-9-2)30-20-24(6)11-12-25(30)7/h8-9,11-16,20,23,27,29,31-34,43H,1-2,10,17-19,21-22H2,3-7H3/t27-,29?,31+,32+,33+,34?,38?/m1/s1. The van der Waals surface area contributed by atoms with Crippen molar-refractivity contribution in [1.29, 1.82) is 0 Å². The van der Waals surface area contributed by atoms with Crippen LogP contribution in [0, 0.1) is 31.6 Å². The first-order valence-electron chi connectivity index (χ1n) is 16.8. The Labute approximate surface area is 297 Å². The van der Waals surface area contributed by atoms with Gasteiger partial charge in [0.25, 0.3) is 5.91 Å². The van der Waals surface area contributed by atoms with Gasteiger partial charge in [0, 0.05) is 34.5 Å². The summed E-state index contributed by atoms with van der Waals surface area (Å²) in [5.41, 5.74) is 3.41. The third kappa shape index (κ3) is 6.36. The summed E-state index contributed by atoms with van der Waals surface area (Å²) in [4.78, 5) is 49.9. The van der Waals surface area contributed by atoms with Gasteiger partial charge in [-0.2, -0.15) is 0 Å². The molecule has 258 valence electrons. The molecule has 3 aliphatic rings. The molecule has 3 heterocycles. The third-order valence-electron chi connectivity index (χ3n) is 9.86. The number of thioether (sulfide) groups is 1. The predicted molar refractivity (Wildman–Crippen MR) is 198 cm³/mol. The molecule has 0 aliphatic carbocycles. The maximum atomic E-state index is 15.2. The van der Waals surface area contributed by atoms with E-state index in [4.69, 9.17) is 4.74 Å². The Kier molecular flexibility index (Phi) is 11.2. The van der Waals surface area contributed by atoms with Crippen LogP contribution in [0.1, 0.15) is 44.7 Å². The molecule has 10 heteroatoms. The molecule has 0 saturated carbocycles. The molecule has 3 unspecified atom stereocenters. The number of rotatable bonds is 14. The molecule has 3 fully saturated rings. The van der Waals surface area contributed by atoms with Crippen molar-refractivity contribution in [3.63, 3.8) is 0 Å². The summed E-state index contributed by atoms with van der Waals surface area (Å²) < 4.78 is 4.76. The van der Waals surface area contributed by atoms with Crippen LogP contribution in [0.2, 0.25) is 0 Å². The van der Waals surface area contributed by atoms with Gasteiger partial charge in [-0.25, -0.2) is 0 Å². The van der Waals surface area contributed by atoms with Crippen molar-refractivity contribution in [3.05, 3.63) is 78.9 Å². The number of nitrogens with zero attached hydrogens (tertiary/aromatic N) is 3. The largest absolute Gasteiger partial charge is 0.494 e. The lowest BCUT2D eigenvalue weighted by Gasteiger charge is -2.40. The van der Waals surface area contributed by atoms with Crippen molar-refractivity contribution in [1.82, 2.24) is 4.90 Å². The Hall–Kier alpha value is -3.08. The number of aliphatic hydroxyl groups is 1. The third-order valence-corrected chi connectivity index (χ3v) is 13.1. The zero-order chi connectivity index (χ0) is 34.9. The first-order valence-corrected chi connectivity index (χ1v) is 18.6. The van der Waals surface area contributed by atoms with Gasteiger partial charge in [-0.05, 0) is 81.0 Å². The van der Waals surface area contributed by atoms with E-state index in [-0.39, 0.29) is 53.4 Å². The van der Waals surface area contributed by atoms with Crippen LogP contribution in [0.15, 0.2) is 67.8 Å². The topological polar surface area (TPSA) is 90.4 Å². The van der Waals surface area contributed by atoms with Crippen molar-refractivity contribution < 1.29 is 24.2 Å². The molecule has 3 amide bonds. The van der Waals surface area contributed by atoms with E-state index in [1.54, 1.807) is 38.6 Å². The summed E-state index contributed by atoms with van der Waals surface area (Å²) in [7, 11) is 0. The first kappa shape index (κ1) is 36.2. The minimum Gasteiger partial charge on any atom is -0.494 e. The monoisotopic (exact) mass is 737 g/mol. The maximum absolute atomic E-state index is 15.2. The highest BCUT2D eigenvalue weighted by Gasteiger charge is 2.76. The molecule has 3 saturated heterocycles. The number of hydrogen-bond donors (Lipinski definition) is 1. The second-order valence-corrected chi connectivity index (χ2v) is 16.3. The predicted octanol–water partition coefficient (Wildman–Crippen LogP) is 6.31. The van der Waals surface area contributed by atoms with Crippen molar-refractivity contribution in [2.75, 3.05) is 36.1 Å². The van der Waals surface area contributed by atoms with E-state index in [0.717, 1.165) is 16.8 Å². The minimum absolute atomic E-state index is 0.0899. The van der Waals surface area contributed by atoms with Gasteiger partial charge in [0.15, 0.2) is 0 Å². The fraction of sp³-hybridized carbons (Fsp3) is 0.500. The van der Waals surface area contributed by atoms with Gasteiger partial charge in [0.05, 0.1) is 35.8 Å². The lowest BCUT2D eigenvalue weighted by molar-refractivity contribution is -0.142. The Morgan fingerprint density at radius 3 is 2.38 bits per heavy atom. The number of likely N-dealkylation sites (tertiary alicyclic amines) is 1. The van der Waals surface area contributed by atoms with E-state index >= 15 is 4.79 Å². The summed E-state index contributed by atoms with van der Waals surface area (Å²) in [6.45, 7) is 18.6. The van der Waals surface area contributed by atoms with Crippen LogP contribution in [0.5, 0.6) is 5.75 Å². The quantitative estimate of drug-likeness (QED) is 0.181. The fourth-order valence-electron chi connectivity index (χ4n) is 7.96. The van der Waals surface area contributed by atoms with Gasteiger partial charge in [0.2, 0.25) is 11.8 Å². The zero-order valence-electron chi connectivity index (χ0n) is 28.6. The van der Waals surface area contributed by atoms with Crippen LogP contribution in [0.25, 0.3) is 0 Å². The highest BCUT2D eigenvalue weighted by Crippen LogP contribution is 2.68. The molecule has 2 aromatic rings. The number of aryl methyl sites for hydroxylation is 2. The number of hydrogen-bond acceptors (Lipinski definition) is 6. The molecule has 3 aliphatic heterocycles. The van der Waals surface area contributed by atoms with Crippen LogP contribution in [0.3, 0.4) is 0 Å². The number of benzene rings is 2. The highest BCUT2D eigenvalue weighted by molar-refractivity contribution is 9.09. The minimum atomic E-state index is -0.878. The Balaban J connectivity index is 1.63. The molecular weight excluding hydrogens is 690 g/mol. The number of fused-ring (bicyclic) bond motifs is 1. The van der Waals surface area contributed by atoms with E-state index < -0.39 is 28.7 Å². The van der Waals surface area contributed by atoms with Gasteiger partial charge < -0.3 is 24.5 Å². The molecular formula is C38H48BrN3O5S. The number of halogens is 1. The molecule has 48 heavy (non-hydrogen) atoms. The first-order chi connectivity index (χ1) is 22.9. The number of ether oxygens (including phenoxy) is 1. The fourth-order valence-corrected chi connectivity index (χ4v) is 11.5. The number of alkyl halides is 1. The van der Waals surface area contributed by atoms with E-state index in [9.17, 15) is 14.7 Å². The van der Waals surface area contributed by atoms with E-state index in [0.29, 0.717) is 30.9 Å². The molecule has 0 radical (unpaired) electrons. The van der Waals surface area contributed by atoms with Crippen molar-refractivity contribution in [2.24, 2.45) is 17.8 Å². The Morgan fingerprint density at radius 1 is 1.10 bits per heavy atom. The Morgan fingerprint density at radius 2 is 1.77 bits per heavy atom. The van der Waals surface area contributed by atoms with Crippen LogP contribution < -0.4 is 14.5 Å². The smallest absolute Gasteiger partial charge is 0.251 e. The van der Waals surface area contributed by atoms with Crippen molar-refractivity contribution in [3.8, 4) is 5.75 Å². The van der Waals surface area contributed by atoms with Crippen LogP contribution in [-0.4, -0.2) is 80.9 Å². The normalized spacial score (nSPS) is 26.4. The van der Waals surface area contributed by atoms with Gasteiger partial charge in [-0.15, -0.1) is 24.9 Å². The van der Waals surface area contributed by atoms with Crippen LogP contribution in [0.4, 0.5) is 11.4 Å². The second kappa shape index (κ2) is 14.8. The molecule has 5 rings (SSSR count). The van der Waals surface area contributed by atoms with E-state index in [1.807, 2.05) is 77.1 Å². The van der Waals surface area contributed by atoms with Crippen LogP contribution in [-0.2, 0) is 14.4 Å². The van der Waals surface area contributed by atoms with Crippen molar-refractivity contribution >= 4 is 56.8 Å². The molecule has 1 N–H and O–H groups in total. The summed E-state index contributed by atoms with van der Waals surface area (Å²) in [5, 5.41) is 10.6. The Bertz CT molecular complexity index is 1550. The summed E-state index contributed by atoms with van der Waals surface area (Å²) >= 11 is 5.51. The molecule has 2 aromatic carbocycles. The highest BCUT2D eigenvalue weighted by atomic mass is 79.9. The molecule has 7 atom stereocenters. The number of carbonyl (C=O) groups excluding carboxylic acids is 3. The average Bonchev–Trinajstić information content (AvgIpc) is 3.65. The van der Waals surface area contributed by atoms with E-state index in [1.165, 1.54) is 0 Å². The van der Waals surface area contributed by atoms with Gasteiger partial charge >= 0.3 is 0 Å². The summed E-state index contributed by atoms with van der Waals surface area (Å²) in [5.74, 6) is -1.15. The number of carbonyl (C=O) groups is 3. The second-order valence-electron chi connectivity index (χ2n) is 13.6. The maximum Gasteiger partial charge on any atom is 0.251 e. The van der Waals surface area contributed by atoms with Gasteiger partial charge in [-0.3, -0.25) is 14.4 Å². The van der Waals surface area contributed by atoms with Crippen LogP contribution >= 0.6 is 27.7 Å². The summed E-state index contributed by atoms with van der Waals surface area (Å²) in [6, 6.07) is 11.9. The molecule has 1 spiro atoms. The SMILES string of the molecule is C=CCN(C(=O)[C@H]1[C@H]2C(=O)N([C@@H](CO)CC(C)C)C(C(=O)N(CC=C)c3cc(C)ccc3C)C23CC(Br)[C@@H]1S3)c1ccc(OCC)cc1. The average molecular weight is 739 g/mol. The lowest BCUT2D eigenvalue weighted by atomic mass is 9.70. The van der Waals surface area contributed by atoms with Crippen molar-refractivity contribution in [2.45, 2.75) is 74.4 Å². The lowest BCUT2D eigenvalue weighted by Crippen LogP contribution is -2.58. The molecule has 8 nitrogen and oxygen atoms in total. The molecule has 0 aromatic heterocycles. The van der Waals surface area contributed by atoms with E-state index in [2.05, 4.69) is 29.1 Å². The number of anilines is 2. The number of amides is 3.